The van der Waals surface area contributed by atoms with E-state index >= 15 is 0 Å². The molecule has 3 aromatic rings. The van der Waals surface area contributed by atoms with Crippen LogP contribution < -0.4 is 19.1 Å². The van der Waals surface area contributed by atoms with Crippen molar-refractivity contribution in [1.82, 2.24) is 0 Å². The fraction of sp³-hybridized carbons (Fsp3) is 0.217. The number of halogens is 5. The molecule has 3 rings (SSSR count). The first-order valence-electron chi connectivity index (χ1n) is 9.83. The Bertz CT molecular complexity index is 1190. The average Bonchev–Trinajstić information content (AvgIpc) is 2.78. The second kappa shape index (κ2) is 10.9. The first-order valence-corrected chi connectivity index (χ1v) is 11.9. The second-order valence-electron chi connectivity index (χ2n) is 7.18. The van der Waals surface area contributed by atoms with Crippen molar-refractivity contribution in [1.29, 1.82) is 0 Å². The third-order valence-electron chi connectivity index (χ3n) is 4.91. The van der Waals surface area contributed by atoms with Crippen molar-refractivity contribution < 1.29 is 31.2 Å². The van der Waals surface area contributed by atoms with Gasteiger partial charge < -0.3 is 9.47 Å². The molecule has 0 aliphatic heterocycles. The average molecular weight is 534 g/mol. The van der Waals surface area contributed by atoms with E-state index < -0.39 is 29.5 Å². The maximum absolute atomic E-state index is 14.5. The van der Waals surface area contributed by atoms with Crippen LogP contribution in [-0.4, -0.2) is 31.1 Å². The van der Waals surface area contributed by atoms with Gasteiger partial charge in [-0.2, -0.15) is 13.2 Å². The van der Waals surface area contributed by atoms with Gasteiger partial charge >= 0.3 is 6.18 Å². The number of hydrogen-bond donors (Lipinski definition) is 0. The van der Waals surface area contributed by atoms with Gasteiger partial charge in [0, 0.05) is 17.5 Å². The highest BCUT2D eigenvalue weighted by Crippen LogP contribution is 2.35. The highest BCUT2D eigenvalue weighted by atomic mass is 35.5. The summed E-state index contributed by atoms with van der Waals surface area (Å²) in [5.74, 6) is 0.0442. The lowest BCUT2D eigenvalue weighted by molar-refractivity contribution is -0.117. The van der Waals surface area contributed by atoms with E-state index in [9.17, 15) is 21.8 Å². The molecule has 2 unspecified atom stereocenters. The van der Waals surface area contributed by atoms with Gasteiger partial charge in [0.1, 0.15) is 12.4 Å². The fourth-order valence-corrected chi connectivity index (χ4v) is 5.15. The van der Waals surface area contributed by atoms with E-state index in [-0.39, 0.29) is 33.3 Å². The van der Waals surface area contributed by atoms with Crippen LogP contribution in [0.3, 0.4) is 0 Å². The Balaban J connectivity index is 2.12. The molecule has 0 fully saturated rings. The molecule has 0 amide bonds. The van der Waals surface area contributed by atoms with Crippen LogP contribution in [0.15, 0.2) is 59.5 Å². The summed E-state index contributed by atoms with van der Waals surface area (Å²) in [6, 6.07) is 12.9. The predicted octanol–water partition coefficient (Wildman–Crippen LogP) is 5.68. The zero-order chi connectivity index (χ0) is 25.0. The van der Waals surface area contributed by atoms with E-state index in [0.29, 0.717) is 16.6 Å². The lowest BCUT2D eigenvalue weighted by atomic mass is 10.0. The molecular formula is C23H21ClF4NO3PS. The fourth-order valence-electron chi connectivity index (χ4n) is 3.34. The lowest BCUT2D eigenvalue weighted by Gasteiger charge is -2.27. The van der Waals surface area contributed by atoms with Crippen molar-refractivity contribution in [2.45, 2.75) is 17.5 Å². The topological polar surface area (TPSA) is 38.8 Å². The van der Waals surface area contributed by atoms with Gasteiger partial charge in [0.25, 0.3) is 0 Å². The van der Waals surface area contributed by atoms with Crippen LogP contribution in [-0.2, 0) is 17.4 Å². The van der Waals surface area contributed by atoms with E-state index in [1.807, 2.05) is 0 Å². The first kappa shape index (κ1) is 26.3. The van der Waals surface area contributed by atoms with E-state index in [0.717, 1.165) is 4.31 Å². The number of nitrogens with zero attached hydrogens (tertiary/aromatic N) is 1. The van der Waals surface area contributed by atoms with Crippen LogP contribution in [0.5, 0.6) is 11.5 Å². The molecular weight excluding hydrogens is 513 g/mol. The largest absolute Gasteiger partial charge is 0.493 e. The monoisotopic (exact) mass is 533 g/mol. The minimum Gasteiger partial charge on any atom is -0.493 e. The molecule has 0 saturated carbocycles. The molecule has 0 radical (unpaired) electrons. The van der Waals surface area contributed by atoms with Crippen LogP contribution in [0, 0.1) is 5.82 Å². The Morgan fingerprint density at radius 2 is 1.74 bits per heavy atom. The third kappa shape index (κ3) is 6.20. The first-order chi connectivity index (χ1) is 16.0. The lowest BCUT2D eigenvalue weighted by Crippen LogP contribution is -2.36. The van der Waals surface area contributed by atoms with E-state index in [4.69, 9.17) is 21.1 Å². The number of rotatable bonds is 8. The Morgan fingerprint density at radius 1 is 1.03 bits per heavy atom. The molecule has 2 atom stereocenters. The van der Waals surface area contributed by atoms with Crippen molar-refractivity contribution in [3.63, 3.8) is 0 Å². The van der Waals surface area contributed by atoms with E-state index in [2.05, 4.69) is 9.24 Å². The molecule has 0 heterocycles. The zero-order valence-electron chi connectivity index (χ0n) is 18.2. The standard InChI is InChI=1S/C23H21ClF4NO3PS/c1-31-20-9-7-16(12-21(20)32-2)34(30)29(13-23(26,27)28)19-8-6-15(24)10-14(19)11-17-18(25)4-3-5-22(17)33/h3-10,12H,11,13,33H2,1-2H3. The number of hydrogen-bond acceptors (Lipinski definition) is 3. The molecule has 3 aromatic carbocycles. The van der Waals surface area contributed by atoms with Gasteiger partial charge in [0.05, 0.1) is 24.8 Å². The molecule has 0 aromatic heterocycles. The van der Waals surface area contributed by atoms with Crippen LogP contribution in [0.1, 0.15) is 11.1 Å². The summed E-state index contributed by atoms with van der Waals surface area (Å²) >= 11 is 6.12. The Hall–Kier alpha value is -2.35. The van der Waals surface area contributed by atoms with Crippen molar-refractivity contribution in [3.05, 3.63) is 76.6 Å². The van der Waals surface area contributed by atoms with Crippen LogP contribution in [0.4, 0.5) is 23.2 Å². The van der Waals surface area contributed by atoms with Gasteiger partial charge in [-0.3, -0.25) is 4.31 Å². The van der Waals surface area contributed by atoms with Gasteiger partial charge in [-0.25, -0.2) is 8.60 Å². The normalized spacial score (nSPS) is 12.4. The number of alkyl halides is 3. The van der Waals surface area contributed by atoms with Crippen molar-refractivity contribution in [2.75, 3.05) is 25.1 Å². The summed E-state index contributed by atoms with van der Waals surface area (Å²) in [7, 11) is 2.89. The molecule has 0 saturated heterocycles. The number of benzene rings is 3. The molecule has 11 heteroatoms. The molecule has 34 heavy (non-hydrogen) atoms. The predicted molar refractivity (Wildman–Crippen MR) is 129 cm³/mol. The minimum absolute atomic E-state index is 0.0162. The second-order valence-corrected chi connectivity index (χ2v) is 9.64. The molecule has 0 aliphatic carbocycles. The van der Waals surface area contributed by atoms with Gasteiger partial charge in [0.15, 0.2) is 22.5 Å². The maximum Gasteiger partial charge on any atom is 0.407 e. The Labute approximate surface area is 204 Å². The number of ether oxygens (including phenoxy) is 2. The number of methoxy groups -OCH3 is 2. The molecule has 182 valence electrons. The summed E-state index contributed by atoms with van der Waals surface area (Å²) in [5, 5.41) is 0.804. The highest BCUT2D eigenvalue weighted by molar-refractivity contribution is 7.86. The molecule has 0 aliphatic rings. The summed E-state index contributed by atoms with van der Waals surface area (Å²) in [5.41, 5.74) is 0.585. The van der Waals surface area contributed by atoms with E-state index in [1.54, 1.807) is 6.07 Å². The Morgan fingerprint density at radius 3 is 2.35 bits per heavy atom. The van der Waals surface area contributed by atoms with Crippen LogP contribution in [0.2, 0.25) is 5.02 Å². The van der Waals surface area contributed by atoms with Crippen LogP contribution >= 0.6 is 20.8 Å². The van der Waals surface area contributed by atoms with Crippen molar-refractivity contribution >= 4 is 42.8 Å². The smallest absolute Gasteiger partial charge is 0.407 e. The Kier molecular flexibility index (Phi) is 8.44. The van der Waals surface area contributed by atoms with Gasteiger partial charge in [-0.15, -0.1) is 9.24 Å². The SMILES string of the molecule is COc1ccc(S(=O)N(CC(F)(F)F)c2ccc(Cl)cc2Cc2c(F)cccc2P)cc1OC. The molecule has 0 bridgehead atoms. The summed E-state index contributed by atoms with van der Waals surface area (Å²) in [6.07, 6.45) is -4.73. The summed E-state index contributed by atoms with van der Waals surface area (Å²) in [4.78, 5) is 0.0698. The number of anilines is 1. The summed E-state index contributed by atoms with van der Waals surface area (Å²) < 4.78 is 79.8. The van der Waals surface area contributed by atoms with Gasteiger partial charge in [0.2, 0.25) is 0 Å². The van der Waals surface area contributed by atoms with Crippen LogP contribution in [0.25, 0.3) is 0 Å². The molecule has 0 N–H and O–H groups in total. The van der Waals surface area contributed by atoms with Crippen molar-refractivity contribution in [3.8, 4) is 11.5 Å². The third-order valence-corrected chi connectivity index (χ3v) is 7.07. The van der Waals surface area contributed by atoms with Gasteiger partial charge in [-0.1, -0.05) is 23.7 Å². The van der Waals surface area contributed by atoms with E-state index in [1.165, 1.54) is 62.8 Å². The van der Waals surface area contributed by atoms with Gasteiger partial charge in [-0.05, 0) is 52.8 Å². The minimum atomic E-state index is -4.67. The molecule has 0 spiro atoms. The zero-order valence-corrected chi connectivity index (χ0v) is 20.9. The highest BCUT2D eigenvalue weighted by Gasteiger charge is 2.35. The van der Waals surface area contributed by atoms with Crippen molar-refractivity contribution in [2.24, 2.45) is 0 Å². The summed E-state index contributed by atoms with van der Waals surface area (Å²) in [6.45, 7) is -1.51. The maximum atomic E-state index is 14.5. The molecule has 4 nitrogen and oxygen atoms in total. The quantitative estimate of drug-likeness (QED) is 0.276.